The molecule has 1 aromatic heterocycles. The number of nitrogens with zero attached hydrogens (tertiary/aromatic N) is 3. The summed E-state index contributed by atoms with van der Waals surface area (Å²) in [6.07, 6.45) is 4.03. The molecule has 0 unspecified atom stereocenters. The molecule has 0 spiro atoms. The highest BCUT2D eigenvalue weighted by Crippen LogP contribution is 2.40. The highest BCUT2D eigenvalue weighted by atomic mass is 16.6. The lowest BCUT2D eigenvalue weighted by atomic mass is 10.1. The summed E-state index contributed by atoms with van der Waals surface area (Å²) in [5.41, 5.74) is 0.599. The normalized spacial score (nSPS) is 22.2. The number of ether oxygens (including phenoxy) is 2. The van der Waals surface area contributed by atoms with Gasteiger partial charge in [-0.1, -0.05) is 5.16 Å². The van der Waals surface area contributed by atoms with Crippen LogP contribution in [0.4, 0.5) is 0 Å². The quantitative estimate of drug-likeness (QED) is 0.854. The summed E-state index contributed by atoms with van der Waals surface area (Å²) in [6, 6.07) is 5.23. The second kappa shape index (κ2) is 5.75. The molecule has 7 nitrogen and oxygen atoms in total. The molecule has 0 radical (unpaired) electrons. The van der Waals surface area contributed by atoms with E-state index in [0.717, 1.165) is 25.7 Å². The summed E-state index contributed by atoms with van der Waals surface area (Å²) < 4.78 is 16.5. The van der Waals surface area contributed by atoms with E-state index in [4.69, 9.17) is 14.0 Å². The number of carbonyl (C=O) groups is 1. The number of rotatable bonds is 3. The van der Waals surface area contributed by atoms with Crippen LogP contribution in [0.25, 0.3) is 0 Å². The molecule has 3 aliphatic rings. The van der Waals surface area contributed by atoms with Crippen LogP contribution in [0, 0.1) is 0 Å². The van der Waals surface area contributed by atoms with Gasteiger partial charge in [0.15, 0.2) is 17.3 Å². The standard InChI is InChI=1S/C18H19N3O4/c22-18(12-5-6-14-15(10-12)24-9-8-23-14)21-7-1-2-13(21)16-19-17(25-20-16)11-3-4-11/h5-6,10-11,13H,1-4,7-9H2/t13-/m1/s1. The Balaban J connectivity index is 1.39. The maximum absolute atomic E-state index is 13.0. The first-order valence-electron chi connectivity index (χ1n) is 8.84. The maximum atomic E-state index is 13.0. The van der Waals surface area contributed by atoms with E-state index in [1.807, 2.05) is 4.90 Å². The van der Waals surface area contributed by atoms with Gasteiger partial charge in [0.25, 0.3) is 5.91 Å². The molecule has 2 aliphatic heterocycles. The smallest absolute Gasteiger partial charge is 0.254 e. The average Bonchev–Trinajstić information content (AvgIpc) is 3.19. The summed E-state index contributed by atoms with van der Waals surface area (Å²) in [7, 11) is 0. The first-order chi connectivity index (χ1) is 12.3. The molecule has 1 saturated carbocycles. The Hall–Kier alpha value is -2.57. The number of likely N-dealkylation sites (tertiary alicyclic amines) is 1. The first-order valence-corrected chi connectivity index (χ1v) is 8.84. The van der Waals surface area contributed by atoms with E-state index >= 15 is 0 Å². The topological polar surface area (TPSA) is 77.7 Å². The second-order valence-corrected chi connectivity index (χ2v) is 6.78. The van der Waals surface area contributed by atoms with Gasteiger partial charge in [-0.25, -0.2) is 0 Å². The van der Waals surface area contributed by atoms with E-state index in [9.17, 15) is 4.79 Å². The minimum Gasteiger partial charge on any atom is -0.486 e. The lowest BCUT2D eigenvalue weighted by molar-refractivity contribution is 0.0727. The molecule has 1 aromatic carbocycles. The van der Waals surface area contributed by atoms with Crippen molar-refractivity contribution in [2.75, 3.05) is 19.8 Å². The molecule has 2 aromatic rings. The van der Waals surface area contributed by atoms with E-state index in [1.165, 1.54) is 0 Å². The summed E-state index contributed by atoms with van der Waals surface area (Å²) in [4.78, 5) is 19.4. The van der Waals surface area contributed by atoms with Crippen LogP contribution in [0.2, 0.25) is 0 Å². The number of carbonyl (C=O) groups excluding carboxylic acids is 1. The van der Waals surface area contributed by atoms with Gasteiger partial charge < -0.3 is 18.9 Å². The van der Waals surface area contributed by atoms with E-state index in [1.54, 1.807) is 18.2 Å². The maximum Gasteiger partial charge on any atom is 0.254 e. The summed E-state index contributed by atoms with van der Waals surface area (Å²) >= 11 is 0. The van der Waals surface area contributed by atoms with Crippen LogP contribution in [0.1, 0.15) is 59.7 Å². The molecule has 1 amide bonds. The zero-order valence-corrected chi connectivity index (χ0v) is 13.8. The Labute approximate surface area is 144 Å². The van der Waals surface area contributed by atoms with Crippen LogP contribution < -0.4 is 9.47 Å². The molecule has 3 heterocycles. The van der Waals surface area contributed by atoms with Gasteiger partial charge in [0.2, 0.25) is 5.89 Å². The zero-order valence-electron chi connectivity index (χ0n) is 13.8. The number of fused-ring (bicyclic) bond motifs is 1. The van der Waals surface area contributed by atoms with Crippen LogP contribution in [-0.2, 0) is 0 Å². The van der Waals surface area contributed by atoms with Crippen LogP contribution in [0.5, 0.6) is 11.5 Å². The fourth-order valence-corrected chi connectivity index (χ4v) is 3.50. The third-order valence-electron chi connectivity index (χ3n) is 4.98. The summed E-state index contributed by atoms with van der Waals surface area (Å²) in [5.74, 6) is 3.05. The van der Waals surface area contributed by atoms with Crippen LogP contribution in [0.3, 0.4) is 0 Å². The molecule has 2 fully saturated rings. The van der Waals surface area contributed by atoms with Crippen molar-refractivity contribution in [3.8, 4) is 11.5 Å². The lowest BCUT2D eigenvalue weighted by Gasteiger charge is -2.23. The summed E-state index contributed by atoms with van der Waals surface area (Å²) in [5, 5.41) is 4.13. The van der Waals surface area contributed by atoms with Crippen molar-refractivity contribution in [1.82, 2.24) is 15.0 Å². The minimum atomic E-state index is -0.114. The minimum absolute atomic E-state index is 0.0303. The van der Waals surface area contributed by atoms with Crippen molar-refractivity contribution in [2.24, 2.45) is 0 Å². The zero-order chi connectivity index (χ0) is 16.8. The Morgan fingerprint density at radius 1 is 1.12 bits per heavy atom. The third kappa shape index (κ3) is 2.63. The molecule has 7 heteroatoms. The van der Waals surface area contributed by atoms with Crippen molar-refractivity contribution in [1.29, 1.82) is 0 Å². The SMILES string of the molecule is O=C(c1ccc2c(c1)OCCO2)N1CCC[C@@H]1c1noc(C2CC2)n1. The van der Waals surface area contributed by atoms with E-state index in [-0.39, 0.29) is 11.9 Å². The van der Waals surface area contributed by atoms with Gasteiger partial charge in [-0.2, -0.15) is 4.98 Å². The van der Waals surface area contributed by atoms with Crippen molar-refractivity contribution in [3.63, 3.8) is 0 Å². The Morgan fingerprint density at radius 3 is 2.80 bits per heavy atom. The van der Waals surface area contributed by atoms with Gasteiger partial charge in [-0.05, 0) is 43.9 Å². The summed E-state index contributed by atoms with van der Waals surface area (Å²) in [6.45, 7) is 1.74. The monoisotopic (exact) mass is 341 g/mol. The highest BCUT2D eigenvalue weighted by Gasteiger charge is 2.36. The fourth-order valence-electron chi connectivity index (χ4n) is 3.50. The van der Waals surface area contributed by atoms with Crippen molar-refractivity contribution in [3.05, 3.63) is 35.5 Å². The largest absolute Gasteiger partial charge is 0.486 e. The van der Waals surface area contributed by atoms with Crippen molar-refractivity contribution < 1.29 is 18.8 Å². The van der Waals surface area contributed by atoms with Gasteiger partial charge in [0.05, 0.1) is 6.04 Å². The molecule has 1 atom stereocenters. The molecule has 5 rings (SSSR count). The van der Waals surface area contributed by atoms with Crippen molar-refractivity contribution >= 4 is 5.91 Å². The molecular weight excluding hydrogens is 322 g/mol. The molecule has 1 saturated heterocycles. The van der Waals surface area contributed by atoms with Gasteiger partial charge in [0.1, 0.15) is 13.2 Å². The van der Waals surface area contributed by atoms with Crippen LogP contribution >= 0.6 is 0 Å². The van der Waals surface area contributed by atoms with Crippen LogP contribution in [0.15, 0.2) is 22.7 Å². The Bertz CT molecular complexity index is 814. The van der Waals surface area contributed by atoms with E-state index < -0.39 is 0 Å². The van der Waals surface area contributed by atoms with Gasteiger partial charge >= 0.3 is 0 Å². The first kappa shape index (κ1) is 14.7. The predicted molar refractivity (Wildman–Crippen MR) is 86.7 cm³/mol. The van der Waals surface area contributed by atoms with Crippen molar-refractivity contribution in [2.45, 2.75) is 37.6 Å². The number of hydrogen-bond acceptors (Lipinski definition) is 6. The molecule has 1 aliphatic carbocycles. The Morgan fingerprint density at radius 2 is 1.96 bits per heavy atom. The number of hydrogen-bond donors (Lipinski definition) is 0. The molecular formula is C18H19N3O4. The molecule has 130 valence electrons. The van der Waals surface area contributed by atoms with Crippen LogP contribution in [-0.4, -0.2) is 40.7 Å². The number of aromatic nitrogens is 2. The molecule has 25 heavy (non-hydrogen) atoms. The fraction of sp³-hybridized carbons (Fsp3) is 0.500. The number of benzene rings is 1. The second-order valence-electron chi connectivity index (χ2n) is 6.78. The van der Waals surface area contributed by atoms with E-state index in [2.05, 4.69) is 10.1 Å². The van der Waals surface area contributed by atoms with Gasteiger partial charge in [-0.3, -0.25) is 4.79 Å². The van der Waals surface area contributed by atoms with Gasteiger partial charge in [0, 0.05) is 18.0 Å². The average molecular weight is 341 g/mol. The molecule has 0 bridgehead atoms. The Kier molecular flexibility index (Phi) is 3.39. The predicted octanol–water partition coefficient (Wildman–Crippen LogP) is 2.70. The van der Waals surface area contributed by atoms with Gasteiger partial charge in [-0.15, -0.1) is 0 Å². The number of amides is 1. The van der Waals surface area contributed by atoms with E-state index in [0.29, 0.717) is 54.5 Å². The lowest BCUT2D eigenvalue weighted by Crippen LogP contribution is -2.31. The highest BCUT2D eigenvalue weighted by molar-refractivity contribution is 5.95. The molecule has 0 N–H and O–H groups in total. The third-order valence-corrected chi connectivity index (χ3v) is 4.98.